The van der Waals surface area contributed by atoms with Gasteiger partial charge in [0.15, 0.2) is 0 Å². The molecule has 41 heavy (non-hydrogen) atoms. The number of hydrogen-bond acceptors (Lipinski definition) is 4. The third-order valence-corrected chi connectivity index (χ3v) is 9.18. The van der Waals surface area contributed by atoms with Gasteiger partial charge in [0.05, 0.1) is 40.3 Å². The molecule has 5 heterocycles. The normalized spacial score (nSPS) is 25.9. The number of allylic oxidation sites excluding steroid dienone is 10. The van der Waals surface area contributed by atoms with E-state index in [0.29, 0.717) is 0 Å². The molecule has 0 aromatic carbocycles. The molecular weight excluding hydrogens is 684 g/mol. The van der Waals surface area contributed by atoms with Crippen LogP contribution >= 0.6 is 0 Å². The Hall–Kier alpha value is -2.45. The van der Waals surface area contributed by atoms with E-state index in [1.165, 1.54) is 50.3 Å². The Balaban J connectivity index is 0.00000387. The molecule has 5 rings (SSSR count). The van der Waals surface area contributed by atoms with E-state index in [1.54, 1.807) is 0 Å². The fourth-order valence-electron chi connectivity index (χ4n) is 7.32. The van der Waals surface area contributed by atoms with Gasteiger partial charge in [-0.3, -0.25) is 9.98 Å². The molecule has 0 amide bonds. The first-order chi connectivity index (χ1) is 19.5. The van der Waals surface area contributed by atoms with Gasteiger partial charge in [-0.25, -0.2) is 9.98 Å². The molecule has 1 unspecified atom stereocenters. The zero-order valence-electron chi connectivity index (χ0n) is 26.3. The first-order valence-corrected chi connectivity index (χ1v) is 15.8. The van der Waals surface area contributed by atoms with Gasteiger partial charge in [0, 0.05) is 33.2 Å². The van der Waals surface area contributed by atoms with Crippen molar-refractivity contribution in [1.29, 1.82) is 0 Å². The topological polar surface area (TPSA) is 49.4 Å². The van der Waals surface area contributed by atoms with E-state index in [1.807, 2.05) is 0 Å². The molecule has 0 aromatic heterocycles. The van der Waals surface area contributed by atoms with E-state index in [0.717, 1.165) is 92.0 Å². The van der Waals surface area contributed by atoms with Crippen molar-refractivity contribution in [3.63, 3.8) is 0 Å². The second-order valence-corrected chi connectivity index (χ2v) is 11.1. The number of fused-ring (bicyclic) bond motifs is 4. The predicted molar refractivity (Wildman–Crippen MR) is 173 cm³/mol. The van der Waals surface area contributed by atoms with Crippen molar-refractivity contribution >= 4 is 22.8 Å². The maximum absolute atomic E-state index is 5.39. The molecule has 220 valence electrons. The summed E-state index contributed by atoms with van der Waals surface area (Å²) in [6.07, 6.45) is 15.5. The standard InChI is InChI=1S/C36H46N4.Pt/c1-9-21-22(10-2)30-18-32-25(13-5)26(14-6)34(39-32)20-36-28(16-8)27(15-7)35(40-36)19-33-24(12-4)23(11-3)31(38-33)17-29(21)37-30;/h17-19,34H,9-16,20H2,1-8H3;/b30-18-,31-17-,35-19-;. The van der Waals surface area contributed by atoms with Crippen LogP contribution in [0.1, 0.15) is 113 Å². The summed E-state index contributed by atoms with van der Waals surface area (Å²) >= 11 is 0. The minimum absolute atomic E-state index is 0. The van der Waals surface area contributed by atoms with E-state index in [4.69, 9.17) is 20.0 Å². The Bertz CT molecular complexity index is 1480. The quantitative estimate of drug-likeness (QED) is 0.239. The molecule has 4 nitrogen and oxygen atoms in total. The van der Waals surface area contributed by atoms with Gasteiger partial charge in [-0.15, -0.1) is 0 Å². The molecule has 5 aliphatic rings. The molecule has 8 bridgehead atoms. The minimum Gasteiger partial charge on any atom is -0.277 e. The van der Waals surface area contributed by atoms with Gasteiger partial charge >= 0.3 is 0 Å². The molecule has 0 radical (unpaired) electrons. The van der Waals surface area contributed by atoms with Crippen LogP contribution in [0.2, 0.25) is 0 Å². The average Bonchev–Trinajstić information content (AvgIpc) is 3.67. The van der Waals surface area contributed by atoms with Crippen LogP contribution in [0.15, 0.2) is 99.9 Å². The summed E-state index contributed by atoms with van der Waals surface area (Å²) in [5.41, 5.74) is 18.8. The molecule has 5 aliphatic heterocycles. The van der Waals surface area contributed by atoms with E-state index in [9.17, 15) is 0 Å². The number of hydrogen-bond donors (Lipinski definition) is 0. The first-order valence-electron chi connectivity index (χ1n) is 15.8. The monoisotopic (exact) mass is 729 g/mol. The van der Waals surface area contributed by atoms with Crippen LogP contribution in [0.3, 0.4) is 0 Å². The molecule has 0 N–H and O–H groups in total. The van der Waals surface area contributed by atoms with Crippen molar-refractivity contribution in [1.82, 2.24) is 0 Å². The zero-order valence-corrected chi connectivity index (χ0v) is 28.6. The van der Waals surface area contributed by atoms with Crippen molar-refractivity contribution in [3.8, 4) is 0 Å². The predicted octanol–water partition coefficient (Wildman–Crippen LogP) is 9.69. The van der Waals surface area contributed by atoms with E-state index < -0.39 is 0 Å². The van der Waals surface area contributed by atoms with Crippen molar-refractivity contribution < 1.29 is 21.1 Å². The van der Waals surface area contributed by atoms with E-state index in [-0.39, 0.29) is 27.1 Å². The van der Waals surface area contributed by atoms with Crippen molar-refractivity contribution in [2.45, 2.75) is 119 Å². The van der Waals surface area contributed by atoms with Gasteiger partial charge in [0.1, 0.15) is 0 Å². The maximum atomic E-state index is 5.39. The van der Waals surface area contributed by atoms with Crippen LogP contribution in [0.5, 0.6) is 0 Å². The van der Waals surface area contributed by atoms with Crippen molar-refractivity contribution in [3.05, 3.63) is 79.9 Å². The smallest absolute Gasteiger partial charge is 0.0778 e. The Morgan fingerprint density at radius 3 is 1.34 bits per heavy atom. The van der Waals surface area contributed by atoms with Crippen LogP contribution < -0.4 is 0 Å². The van der Waals surface area contributed by atoms with E-state index >= 15 is 0 Å². The molecule has 0 saturated carbocycles. The molecule has 5 heteroatoms. The van der Waals surface area contributed by atoms with Crippen LogP contribution in [0.25, 0.3) is 0 Å². The Labute approximate surface area is 262 Å². The van der Waals surface area contributed by atoms with Gasteiger partial charge in [0.2, 0.25) is 0 Å². The number of nitrogens with zero attached hydrogens (tertiary/aromatic N) is 4. The Morgan fingerprint density at radius 1 is 0.488 bits per heavy atom. The van der Waals surface area contributed by atoms with E-state index in [2.05, 4.69) is 73.6 Å². The van der Waals surface area contributed by atoms with Gasteiger partial charge in [-0.1, -0.05) is 55.4 Å². The van der Waals surface area contributed by atoms with Gasteiger partial charge < -0.3 is 0 Å². The summed E-state index contributed by atoms with van der Waals surface area (Å²) < 4.78 is 0. The van der Waals surface area contributed by atoms with Gasteiger partial charge in [-0.05, 0) is 114 Å². The van der Waals surface area contributed by atoms with Crippen molar-refractivity contribution in [2.24, 2.45) is 20.0 Å². The summed E-state index contributed by atoms with van der Waals surface area (Å²) in [5.74, 6) is 0. The summed E-state index contributed by atoms with van der Waals surface area (Å²) in [7, 11) is 0. The zero-order chi connectivity index (χ0) is 28.6. The van der Waals surface area contributed by atoms with Crippen LogP contribution in [-0.4, -0.2) is 28.9 Å². The SMILES string of the molecule is CCC1=C(CC)/C2=C/C3=NC(=C\C4=NC(CC5=N/C(=C\C1=N2)C(CC)=C5CC)C(CC)=C4CC)/C(CC)=C3CC.[Pt]. The fourth-order valence-corrected chi connectivity index (χ4v) is 7.32. The van der Waals surface area contributed by atoms with Crippen molar-refractivity contribution in [2.75, 3.05) is 0 Å². The molecule has 0 spiro atoms. The summed E-state index contributed by atoms with van der Waals surface area (Å²) in [5, 5.41) is 0. The molecule has 0 fully saturated rings. The summed E-state index contributed by atoms with van der Waals surface area (Å²) in [6.45, 7) is 18.1. The molecular formula is C36H46N4Pt. The second kappa shape index (κ2) is 13.2. The summed E-state index contributed by atoms with van der Waals surface area (Å²) in [6, 6.07) is 0.148. The maximum Gasteiger partial charge on any atom is 0.0778 e. The number of aliphatic imine (C=N–C) groups is 4. The molecule has 0 aliphatic carbocycles. The average molecular weight is 730 g/mol. The Kier molecular flexibility index (Phi) is 10.2. The fraction of sp³-hybridized carbons (Fsp3) is 0.500. The largest absolute Gasteiger partial charge is 0.277 e. The second-order valence-electron chi connectivity index (χ2n) is 11.1. The minimum atomic E-state index is 0. The van der Waals surface area contributed by atoms with Crippen LogP contribution in [-0.2, 0) is 21.1 Å². The molecule has 0 aromatic rings. The summed E-state index contributed by atoms with van der Waals surface area (Å²) in [4.78, 5) is 21.3. The first kappa shape index (κ1) is 31.5. The van der Waals surface area contributed by atoms with Crippen LogP contribution in [0.4, 0.5) is 0 Å². The number of rotatable bonds is 8. The third-order valence-electron chi connectivity index (χ3n) is 9.18. The molecule has 0 saturated heterocycles. The third kappa shape index (κ3) is 5.42. The van der Waals surface area contributed by atoms with Crippen LogP contribution in [0, 0.1) is 0 Å². The Morgan fingerprint density at radius 2 is 0.902 bits per heavy atom. The van der Waals surface area contributed by atoms with Gasteiger partial charge in [-0.2, -0.15) is 0 Å². The molecule has 1 atom stereocenters. The van der Waals surface area contributed by atoms with Gasteiger partial charge in [0.25, 0.3) is 0 Å².